The molecule has 2 aliphatic heterocycles. The summed E-state index contributed by atoms with van der Waals surface area (Å²) in [4.78, 5) is 26.5. The van der Waals surface area contributed by atoms with Crippen molar-refractivity contribution in [2.75, 3.05) is 26.2 Å². The third-order valence-corrected chi connectivity index (χ3v) is 3.83. The molecular formula is C12H20N2O4. The van der Waals surface area contributed by atoms with Gasteiger partial charge in [-0.2, -0.15) is 0 Å². The van der Waals surface area contributed by atoms with Gasteiger partial charge in [-0.1, -0.05) is 0 Å². The minimum absolute atomic E-state index is 0.0894. The molecule has 2 fully saturated rings. The van der Waals surface area contributed by atoms with E-state index in [-0.39, 0.29) is 18.6 Å². The van der Waals surface area contributed by atoms with Crippen molar-refractivity contribution in [3.8, 4) is 0 Å². The van der Waals surface area contributed by atoms with Crippen LogP contribution in [0.25, 0.3) is 0 Å². The Balaban J connectivity index is 1.99. The summed E-state index contributed by atoms with van der Waals surface area (Å²) in [6, 6.07) is -0.856. The zero-order valence-corrected chi connectivity index (χ0v) is 10.4. The summed E-state index contributed by atoms with van der Waals surface area (Å²) in [6.07, 6.45) is 3.10. The molecule has 2 unspecified atom stereocenters. The lowest BCUT2D eigenvalue weighted by Gasteiger charge is -2.35. The summed E-state index contributed by atoms with van der Waals surface area (Å²) in [7, 11) is 0. The van der Waals surface area contributed by atoms with E-state index in [0.717, 1.165) is 19.3 Å². The Labute approximate surface area is 106 Å². The maximum absolute atomic E-state index is 12.3. The monoisotopic (exact) mass is 256 g/mol. The van der Waals surface area contributed by atoms with E-state index in [2.05, 4.69) is 0 Å². The number of piperidine rings is 1. The summed E-state index contributed by atoms with van der Waals surface area (Å²) in [5.41, 5.74) is 0. The zero-order valence-electron chi connectivity index (χ0n) is 10.4. The van der Waals surface area contributed by atoms with Crippen molar-refractivity contribution in [1.29, 1.82) is 0 Å². The summed E-state index contributed by atoms with van der Waals surface area (Å²) in [6.45, 7) is 1.82. The van der Waals surface area contributed by atoms with Crippen LogP contribution < -0.4 is 0 Å². The van der Waals surface area contributed by atoms with Crippen LogP contribution in [0.1, 0.15) is 25.7 Å². The number of carbonyl (C=O) groups excluding carboxylic acids is 1. The summed E-state index contributed by atoms with van der Waals surface area (Å²) in [5.74, 6) is -0.787. The number of hydrogen-bond donors (Lipinski definition) is 2. The molecule has 6 nitrogen and oxygen atoms in total. The minimum Gasteiger partial charge on any atom is -0.480 e. The first-order chi connectivity index (χ1) is 8.63. The first kappa shape index (κ1) is 13.1. The Kier molecular flexibility index (Phi) is 4.06. The highest BCUT2D eigenvalue weighted by Crippen LogP contribution is 2.22. The second kappa shape index (κ2) is 5.56. The van der Waals surface area contributed by atoms with Crippen molar-refractivity contribution in [2.24, 2.45) is 5.92 Å². The number of carbonyl (C=O) groups is 2. The number of likely N-dealkylation sites (tertiary alicyclic amines) is 2. The minimum atomic E-state index is -0.920. The van der Waals surface area contributed by atoms with Crippen molar-refractivity contribution in [1.82, 2.24) is 9.80 Å². The van der Waals surface area contributed by atoms with Crippen LogP contribution in [0.4, 0.5) is 4.79 Å². The predicted molar refractivity (Wildman–Crippen MR) is 64.1 cm³/mol. The molecule has 0 aromatic carbocycles. The molecule has 0 saturated carbocycles. The maximum Gasteiger partial charge on any atom is 0.326 e. The van der Waals surface area contributed by atoms with Crippen LogP contribution in [0, 0.1) is 5.92 Å². The van der Waals surface area contributed by atoms with Crippen molar-refractivity contribution < 1.29 is 19.8 Å². The van der Waals surface area contributed by atoms with Crippen molar-refractivity contribution >= 4 is 12.0 Å². The molecule has 0 aromatic rings. The Hall–Kier alpha value is -1.30. The number of aliphatic carboxylic acids is 1. The zero-order chi connectivity index (χ0) is 13.1. The third-order valence-electron chi connectivity index (χ3n) is 3.83. The fraction of sp³-hybridized carbons (Fsp3) is 0.833. The Morgan fingerprint density at radius 2 is 1.89 bits per heavy atom. The molecule has 6 heteroatoms. The molecule has 0 aliphatic carbocycles. The standard InChI is InChI=1S/C12H20N2O4/c15-8-9-3-1-5-13(7-9)12(18)14-6-2-4-10(14)11(16)17/h9-10,15H,1-8H2,(H,16,17). The number of rotatable bonds is 2. The lowest BCUT2D eigenvalue weighted by Crippen LogP contribution is -2.51. The van der Waals surface area contributed by atoms with Gasteiger partial charge in [0.1, 0.15) is 6.04 Å². The van der Waals surface area contributed by atoms with E-state index in [1.54, 1.807) is 4.90 Å². The Morgan fingerprint density at radius 1 is 1.17 bits per heavy atom. The molecule has 0 spiro atoms. The molecule has 102 valence electrons. The van der Waals surface area contributed by atoms with Gasteiger partial charge in [0, 0.05) is 26.2 Å². The number of hydrogen-bond acceptors (Lipinski definition) is 3. The van der Waals surface area contributed by atoms with Crippen LogP contribution in [0.15, 0.2) is 0 Å². The normalized spacial score (nSPS) is 28.5. The number of amides is 2. The van der Waals surface area contributed by atoms with Crippen molar-refractivity contribution in [3.63, 3.8) is 0 Å². The molecule has 2 heterocycles. The van der Waals surface area contributed by atoms with Gasteiger partial charge in [-0.15, -0.1) is 0 Å². The average Bonchev–Trinajstić information content (AvgIpc) is 2.87. The highest BCUT2D eigenvalue weighted by atomic mass is 16.4. The quantitative estimate of drug-likeness (QED) is 0.747. The first-order valence-electron chi connectivity index (χ1n) is 6.52. The lowest BCUT2D eigenvalue weighted by molar-refractivity contribution is -0.141. The van der Waals surface area contributed by atoms with Gasteiger partial charge in [-0.05, 0) is 31.6 Å². The van der Waals surface area contributed by atoms with E-state index < -0.39 is 12.0 Å². The van der Waals surface area contributed by atoms with Crippen LogP contribution >= 0.6 is 0 Å². The van der Waals surface area contributed by atoms with Gasteiger partial charge in [0.05, 0.1) is 0 Å². The molecule has 2 aliphatic rings. The van der Waals surface area contributed by atoms with Crippen molar-refractivity contribution in [2.45, 2.75) is 31.7 Å². The van der Waals surface area contributed by atoms with E-state index in [0.29, 0.717) is 26.1 Å². The highest BCUT2D eigenvalue weighted by Gasteiger charge is 2.37. The average molecular weight is 256 g/mol. The van der Waals surface area contributed by atoms with Crippen LogP contribution in [0.5, 0.6) is 0 Å². The second-order valence-corrected chi connectivity index (χ2v) is 5.11. The predicted octanol–water partition coefficient (Wildman–Crippen LogP) is 0.360. The number of nitrogens with zero attached hydrogens (tertiary/aromatic N) is 2. The number of carboxylic acids is 1. The first-order valence-corrected chi connectivity index (χ1v) is 6.52. The fourth-order valence-electron chi connectivity index (χ4n) is 2.82. The summed E-state index contributed by atoms with van der Waals surface area (Å²) >= 11 is 0. The molecule has 2 rings (SSSR count). The van der Waals surface area contributed by atoms with Gasteiger partial charge in [0.15, 0.2) is 0 Å². The maximum atomic E-state index is 12.3. The van der Waals surface area contributed by atoms with Crippen LogP contribution in [0.2, 0.25) is 0 Å². The van der Waals surface area contributed by atoms with E-state index in [4.69, 9.17) is 10.2 Å². The number of aliphatic hydroxyl groups excluding tert-OH is 1. The summed E-state index contributed by atoms with van der Waals surface area (Å²) in [5, 5.41) is 18.2. The van der Waals surface area contributed by atoms with Gasteiger partial charge < -0.3 is 20.0 Å². The smallest absolute Gasteiger partial charge is 0.326 e. The molecular weight excluding hydrogens is 236 g/mol. The Bertz CT molecular complexity index is 334. The van der Waals surface area contributed by atoms with E-state index in [1.807, 2.05) is 0 Å². The highest BCUT2D eigenvalue weighted by molar-refractivity contribution is 5.83. The van der Waals surface area contributed by atoms with Gasteiger partial charge in [-0.3, -0.25) is 0 Å². The lowest BCUT2D eigenvalue weighted by atomic mass is 9.99. The van der Waals surface area contributed by atoms with E-state index in [9.17, 15) is 9.59 Å². The van der Waals surface area contributed by atoms with Gasteiger partial charge in [0.25, 0.3) is 0 Å². The van der Waals surface area contributed by atoms with Crippen LogP contribution in [-0.4, -0.2) is 64.3 Å². The number of aliphatic hydroxyl groups is 1. The second-order valence-electron chi connectivity index (χ2n) is 5.11. The molecule has 18 heavy (non-hydrogen) atoms. The van der Waals surface area contributed by atoms with E-state index >= 15 is 0 Å². The molecule has 2 saturated heterocycles. The fourth-order valence-corrected chi connectivity index (χ4v) is 2.82. The van der Waals surface area contributed by atoms with Crippen LogP contribution in [-0.2, 0) is 4.79 Å². The van der Waals surface area contributed by atoms with Crippen LogP contribution in [0.3, 0.4) is 0 Å². The Morgan fingerprint density at radius 3 is 2.56 bits per heavy atom. The number of urea groups is 1. The molecule has 0 aromatic heterocycles. The molecule has 2 N–H and O–H groups in total. The molecule has 2 amide bonds. The van der Waals surface area contributed by atoms with Gasteiger partial charge >= 0.3 is 12.0 Å². The SMILES string of the molecule is O=C(O)C1CCCN1C(=O)N1CCCC(CO)C1. The number of carboxylic acid groups (broad SMARTS) is 1. The molecule has 0 bridgehead atoms. The van der Waals surface area contributed by atoms with Gasteiger partial charge in [0.2, 0.25) is 0 Å². The topological polar surface area (TPSA) is 81.1 Å². The van der Waals surface area contributed by atoms with Gasteiger partial charge in [-0.25, -0.2) is 9.59 Å². The van der Waals surface area contributed by atoms with Crippen molar-refractivity contribution in [3.05, 3.63) is 0 Å². The summed E-state index contributed by atoms with van der Waals surface area (Å²) < 4.78 is 0. The van der Waals surface area contributed by atoms with E-state index in [1.165, 1.54) is 4.90 Å². The molecule has 0 radical (unpaired) electrons. The largest absolute Gasteiger partial charge is 0.480 e. The molecule has 2 atom stereocenters. The third kappa shape index (κ3) is 2.58.